The molecule has 1 heterocycles. The molecule has 1 saturated heterocycles. The first-order chi connectivity index (χ1) is 9.61. The zero-order valence-corrected chi connectivity index (χ0v) is 11.5. The summed E-state index contributed by atoms with van der Waals surface area (Å²) < 4.78 is 4.70. The Morgan fingerprint density at radius 2 is 2.15 bits per heavy atom. The van der Waals surface area contributed by atoms with Crippen LogP contribution in [0.1, 0.15) is 18.4 Å². The van der Waals surface area contributed by atoms with Crippen LogP contribution in [-0.2, 0) is 20.7 Å². The number of hydrogen-bond donors (Lipinski definition) is 1. The maximum Gasteiger partial charge on any atom is 0.310 e. The number of hydrogen-bond acceptors (Lipinski definition) is 4. The highest BCUT2D eigenvalue weighted by Crippen LogP contribution is 2.21. The van der Waals surface area contributed by atoms with Crippen molar-refractivity contribution >= 4 is 11.9 Å². The molecule has 5 heteroatoms. The molecule has 0 radical (unpaired) electrons. The summed E-state index contributed by atoms with van der Waals surface area (Å²) in [6.07, 6.45) is 1.51. The SMILES string of the molecule is COC(=O)C1CCN(C(=O)CCc2ccccc2O)C1. The quantitative estimate of drug-likeness (QED) is 0.844. The number of aryl methyl sites for hydroxylation is 1. The molecule has 1 aromatic carbocycles. The summed E-state index contributed by atoms with van der Waals surface area (Å²) in [5.74, 6) is -0.219. The van der Waals surface area contributed by atoms with Crippen molar-refractivity contribution in [3.05, 3.63) is 29.8 Å². The van der Waals surface area contributed by atoms with Crippen molar-refractivity contribution in [1.29, 1.82) is 0 Å². The Kier molecular flexibility index (Phi) is 4.61. The van der Waals surface area contributed by atoms with Gasteiger partial charge in [0.15, 0.2) is 0 Å². The van der Waals surface area contributed by atoms with E-state index in [1.807, 2.05) is 12.1 Å². The van der Waals surface area contributed by atoms with E-state index < -0.39 is 0 Å². The van der Waals surface area contributed by atoms with Gasteiger partial charge in [0.25, 0.3) is 0 Å². The molecule has 1 N–H and O–H groups in total. The largest absolute Gasteiger partial charge is 0.508 e. The summed E-state index contributed by atoms with van der Waals surface area (Å²) in [5, 5.41) is 9.65. The molecule has 0 bridgehead atoms. The van der Waals surface area contributed by atoms with Crippen LogP contribution < -0.4 is 0 Å². The number of methoxy groups -OCH3 is 1. The van der Waals surface area contributed by atoms with Crippen LogP contribution in [0.2, 0.25) is 0 Å². The van der Waals surface area contributed by atoms with Crippen LogP contribution in [-0.4, -0.2) is 42.1 Å². The Balaban J connectivity index is 1.85. The van der Waals surface area contributed by atoms with Gasteiger partial charge >= 0.3 is 5.97 Å². The first-order valence-corrected chi connectivity index (χ1v) is 6.74. The molecular formula is C15H19NO4. The molecule has 0 aromatic heterocycles. The van der Waals surface area contributed by atoms with Crippen LogP contribution >= 0.6 is 0 Å². The Labute approximate surface area is 118 Å². The van der Waals surface area contributed by atoms with Crippen molar-refractivity contribution in [1.82, 2.24) is 4.90 Å². The average Bonchev–Trinajstić information content (AvgIpc) is 2.95. The van der Waals surface area contributed by atoms with E-state index in [0.717, 1.165) is 5.56 Å². The number of rotatable bonds is 4. The monoisotopic (exact) mass is 277 g/mol. The Hall–Kier alpha value is -2.04. The molecule has 2 rings (SSSR count). The van der Waals surface area contributed by atoms with Crippen LogP contribution in [0.25, 0.3) is 0 Å². The van der Waals surface area contributed by atoms with Crippen molar-refractivity contribution < 1.29 is 19.4 Å². The van der Waals surface area contributed by atoms with E-state index in [2.05, 4.69) is 0 Å². The number of carbonyl (C=O) groups excluding carboxylic acids is 2. The summed E-state index contributed by atoms with van der Waals surface area (Å²) in [4.78, 5) is 25.2. The maximum absolute atomic E-state index is 12.1. The predicted octanol–water partition coefficient (Wildman–Crippen LogP) is 1.35. The number of phenolic OH excluding ortho intramolecular Hbond substituents is 1. The van der Waals surface area contributed by atoms with Gasteiger partial charge in [-0.15, -0.1) is 0 Å². The average molecular weight is 277 g/mol. The number of esters is 1. The van der Waals surface area contributed by atoms with Crippen molar-refractivity contribution in [2.75, 3.05) is 20.2 Å². The fourth-order valence-corrected chi connectivity index (χ4v) is 2.47. The molecule has 1 aliphatic rings. The lowest BCUT2D eigenvalue weighted by atomic mass is 10.1. The number of phenols is 1. The van der Waals surface area contributed by atoms with E-state index in [4.69, 9.17) is 4.74 Å². The number of para-hydroxylation sites is 1. The van der Waals surface area contributed by atoms with Gasteiger partial charge in [0.05, 0.1) is 13.0 Å². The molecule has 5 nitrogen and oxygen atoms in total. The summed E-state index contributed by atoms with van der Waals surface area (Å²) in [7, 11) is 1.37. The van der Waals surface area contributed by atoms with Gasteiger partial charge in [-0.2, -0.15) is 0 Å². The molecule has 1 unspecified atom stereocenters. The molecule has 1 amide bonds. The summed E-state index contributed by atoms with van der Waals surface area (Å²) in [6.45, 7) is 1.03. The summed E-state index contributed by atoms with van der Waals surface area (Å²) >= 11 is 0. The van der Waals surface area contributed by atoms with Gasteiger partial charge in [-0.1, -0.05) is 18.2 Å². The highest BCUT2D eigenvalue weighted by atomic mass is 16.5. The number of nitrogens with zero attached hydrogens (tertiary/aromatic N) is 1. The number of likely N-dealkylation sites (tertiary alicyclic amines) is 1. The lowest BCUT2D eigenvalue weighted by molar-refractivity contribution is -0.145. The van der Waals surface area contributed by atoms with E-state index in [9.17, 15) is 14.7 Å². The van der Waals surface area contributed by atoms with Crippen LogP contribution in [0, 0.1) is 5.92 Å². The molecule has 0 aliphatic carbocycles. The predicted molar refractivity (Wildman–Crippen MR) is 73.1 cm³/mol. The Morgan fingerprint density at radius 1 is 1.40 bits per heavy atom. The molecule has 0 spiro atoms. The van der Waals surface area contributed by atoms with E-state index in [1.54, 1.807) is 17.0 Å². The number of amides is 1. The highest BCUT2D eigenvalue weighted by molar-refractivity contribution is 5.79. The van der Waals surface area contributed by atoms with E-state index in [1.165, 1.54) is 7.11 Å². The van der Waals surface area contributed by atoms with Gasteiger partial charge in [-0.25, -0.2) is 0 Å². The lowest BCUT2D eigenvalue weighted by Gasteiger charge is -2.16. The van der Waals surface area contributed by atoms with Crippen LogP contribution in [0.3, 0.4) is 0 Å². The van der Waals surface area contributed by atoms with Gasteiger partial charge in [0, 0.05) is 19.5 Å². The normalized spacial score (nSPS) is 18.1. The smallest absolute Gasteiger partial charge is 0.310 e. The number of benzene rings is 1. The topological polar surface area (TPSA) is 66.8 Å². The zero-order chi connectivity index (χ0) is 14.5. The molecule has 1 fully saturated rings. The van der Waals surface area contributed by atoms with Gasteiger partial charge in [-0.3, -0.25) is 9.59 Å². The van der Waals surface area contributed by atoms with Gasteiger partial charge < -0.3 is 14.7 Å². The third-order valence-electron chi connectivity index (χ3n) is 3.68. The van der Waals surface area contributed by atoms with Crippen molar-refractivity contribution in [2.45, 2.75) is 19.3 Å². The molecule has 1 aliphatic heterocycles. The maximum atomic E-state index is 12.1. The summed E-state index contributed by atoms with van der Waals surface area (Å²) in [6, 6.07) is 7.01. The molecule has 108 valence electrons. The number of aromatic hydroxyl groups is 1. The van der Waals surface area contributed by atoms with E-state index in [0.29, 0.717) is 32.4 Å². The molecule has 1 atom stereocenters. The lowest BCUT2D eigenvalue weighted by Crippen LogP contribution is -2.30. The van der Waals surface area contributed by atoms with Crippen molar-refractivity contribution in [3.63, 3.8) is 0 Å². The standard InChI is InChI=1S/C15H19NO4/c1-20-15(19)12-8-9-16(10-12)14(18)7-6-11-4-2-3-5-13(11)17/h2-5,12,17H,6-10H2,1H3. The zero-order valence-electron chi connectivity index (χ0n) is 11.5. The van der Waals surface area contributed by atoms with Gasteiger partial charge in [-0.05, 0) is 24.5 Å². The van der Waals surface area contributed by atoms with Crippen molar-refractivity contribution in [2.24, 2.45) is 5.92 Å². The molecular weight excluding hydrogens is 258 g/mol. The van der Waals surface area contributed by atoms with Gasteiger partial charge in [0.1, 0.15) is 5.75 Å². The second-order valence-electron chi connectivity index (χ2n) is 4.98. The fraction of sp³-hybridized carbons (Fsp3) is 0.467. The second-order valence-corrected chi connectivity index (χ2v) is 4.98. The first kappa shape index (κ1) is 14.4. The van der Waals surface area contributed by atoms with Crippen LogP contribution in [0.5, 0.6) is 5.75 Å². The minimum Gasteiger partial charge on any atom is -0.508 e. The number of carbonyl (C=O) groups is 2. The molecule has 20 heavy (non-hydrogen) atoms. The van der Waals surface area contributed by atoms with Gasteiger partial charge in [0.2, 0.25) is 5.91 Å². The third kappa shape index (κ3) is 3.29. The fourth-order valence-electron chi connectivity index (χ4n) is 2.47. The highest BCUT2D eigenvalue weighted by Gasteiger charge is 2.31. The first-order valence-electron chi connectivity index (χ1n) is 6.74. The third-order valence-corrected chi connectivity index (χ3v) is 3.68. The Bertz CT molecular complexity index is 500. The van der Waals surface area contributed by atoms with E-state index in [-0.39, 0.29) is 23.5 Å². The summed E-state index contributed by atoms with van der Waals surface area (Å²) in [5.41, 5.74) is 0.768. The minimum atomic E-state index is -0.249. The second kappa shape index (κ2) is 6.41. The Morgan fingerprint density at radius 3 is 2.85 bits per heavy atom. The molecule has 0 saturated carbocycles. The van der Waals surface area contributed by atoms with Crippen LogP contribution in [0.15, 0.2) is 24.3 Å². The van der Waals surface area contributed by atoms with Crippen molar-refractivity contribution in [3.8, 4) is 5.75 Å². The molecule has 1 aromatic rings. The number of ether oxygens (including phenoxy) is 1. The van der Waals surface area contributed by atoms with E-state index >= 15 is 0 Å². The van der Waals surface area contributed by atoms with Crippen LogP contribution in [0.4, 0.5) is 0 Å². The minimum absolute atomic E-state index is 0.0136.